The first kappa shape index (κ1) is 30.5. The van der Waals surface area contributed by atoms with E-state index in [0.29, 0.717) is 37.6 Å². The summed E-state index contributed by atoms with van der Waals surface area (Å²) < 4.78 is 31.2. The SMILES string of the molecule is NCc1ccccc1.NS(=O)(=O)c1cc(CNCc2ccccc2)cc(NCc2ccccc2)c1Oc1ccccc1. The molecule has 0 bridgehead atoms. The maximum absolute atomic E-state index is 12.6. The van der Waals surface area contributed by atoms with E-state index in [1.165, 1.54) is 5.56 Å². The number of ether oxygens (including phenoxy) is 1. The fourth-order valence-electron chi connectivity index (χ4n) is 4.17. The van der Waals surface area contributed by atoms with E-state index in [9.17, 15) is 8.42 Å². The Morgan fingerprint density at radius 2 is 1.07 bits per heavy atom. The van der Waals surface area contributed by atoms with Gasteiger partial charge in [0.2, 0.25) is 10.0 Å². The number of primary sulfonamides is 1. The summed E-state index contributed by atoms with van der Waals surface area (Å²) in [5, 5.41) is 12.3. The number of hydrogen-bond acceptors (Lipinski definition) is 6. The third kappa shape index (κ3) is 9.57. The third-order valence-electron chi connectivity index (χ3n) is 6.29. The lowest BCUT2D eigenvalue weighted by Crippen LogP contribution is -2.17. The first-order chi connectivity index (χ1) is 20.4. The highest BCUT2D eigenvalue weighted by Crippen LogP contribution is 2.37. The topological polar surface area (TPSA) is 119 Å². The van der Waals surface area contributed by atoms with Gasteiger partial charge >= 0.3 is 0 Å². The van der Waals surface area contributed by atoms with Crippen LogP contribution < -0.4 is 26.2 Å². The predicted octanol–water partition coefficient (Wildman–Crippen LogP) is 6.17. The number of benzene rings is 5. The number of nitrogens with one attached hydrogen (secondary N) is 2. The van der Waals surface area contributed by atoms with E-state index in [-0.39, 0.29) is 10.6 Å². The number of hydrogen-bond donors (Lipinski definition) is 4. The fraction of sp³-hybridized carbons (Fsp3) is 0.118. The number of sulfonamides is 1. The molecule has 0 atom stereocenters. The molecule has 0 fully saturated rings. The predicted molar refractivity (Wildman–Crippen MR) is 169 cm³/mol. The standard InChI is InChI=1S/C27H27N3O3S.C7H9N/c28-34(31,32)26-17-23(19-29-18-21-10-4-1-5-11-21)16-25(30-20-22-12-6-2-7-13-22)27(26)33-24-14-8-3-9-15-24;8-6-7-4-2-1-3-5-7/h1-17,29-30H,18-20H2,(H2,28,31,32);1-5H,6,8H2. The van der Waals surface area contributed by atoms with Gasteiger partial charge in [0, 0.05) is 26.2 Å². The van der Waals surface area contributed by atoms with E-state index in [0.717, 1.165) is 16.7 Å². The second-order valence-electron chi connectivity index (χ2n) is 9.55. The molecule has 8 heteroatoms. The average molecular weight is 581 g/mol. The molecule has 7 nitrogen and oxygen atoms in total. The minimum atomic E-state index is -4.05. The molecule has 6 N–H and O–H groups in total. The minimum Gasteiger partial charge on any atom is -0.454 e. The van der Waals surface area contributed by atoms with Gasteiger partial charge in [-0.1, -0.05) is 109 Å². The highest BCUT2D eigenvalue weighted by Gasteiger charge is 2.21. The average Bonchev–Trinajstić information content (AvgIpc) is 3.02. The van der Waals surface area contributed by atoms with Crippen molar-refractivity contribution in [2.24, 2.45) is 10.9 Å². The Morgan fingerprint density at radius 1 is 0.595 bits per heavy atom. The van der Waals surface area contributed by atoms with Gasteiger partial charge in [-0.05, 0) is 46.5 Å². The molecule has 0 aliphatic carbocycles. The molecule has 5 aromatic carbocycles. The number of rotatable bonds is 11. The van der Waals surface area contributed by atoms with Crippen LogP contribution in [0.15, 0.2) is 138 Å². The van der Waals surface area contributed by atoms with Crippen LogP contribution in [-0.2, 0) is 36.2 Å². The molecule has 0 spiro atoms. The lowest BCUT2D eigenvalue weighted by molar-refractivity contribution is 0.468. The molecular formula is C34H36N4O3S. The van der Waals surface area contributed by atoms with Gasteiger partial charge in [-0.3, -0.25) is 0 Å². The fourth-order valence-corrected chi connectivity index (χ4v) is 4.90. The summed E-state index contributed by atoms with van der Waals surface area (Å²) in [7, 11) is -4.05. The molecule has 5 rings (SSSR count). The zero-order valence-corrected chi connectivity index (χ0v) is 24.1. The molecule has 42 heavy (non-hydrogen) atoms. The quantitative estimate of drug-likeness (QED) is 0.148. The van der Waals surface area contributed by atoms with E-state index in [4.69, 9.17) is 15.6 Å². The van der Waals surface area contributed by atoms with Crippen molar-refractivity contribution in [3.63, 3.8) is 0 Å². The highest BCUT2D eigenvalue weighted by molar-refractivity contribution is 7.89. The van der Waals surface area contributed by atoms with E-state index in [1.54, 1.807) is 18.2 Å². The van der Waals surface area contributed by atoms with Crippen LogP contribution in [0.4, 0.5) is 5.69 Å². The van der Waals surface area contributed by atoms with Crippen molar-refractivity contribution >= 4 is 15.7 Å². The second-order valence-corrected chi connectivity index (χ2v) is 11.1. The summed E-state index contributed by atoms with van der Waals surface area (Å²) in [6.07, 6.45) is 0. The molecule has 0 amide bonds. The van der Waals surface area contributed by atoms with Crippen LogP contribution in [0, 0.1) is 0 Å². The summed E-state index contributed by atoms with van der Waals surface area (Å²) in [4.78, 5) is -0.0640. The Morgan fingerprint density at radius 3 is 1.57 bits per heavy atom. The summed E-state index contributed by atoms with van der Waals surface area (Å²) >= 11 is 0. The molecule has 0 saturated heterocycles. The van der Waals surface area contributed by atoms with Crippen LogP contribution >= 0.6 is 0 Å². The van der Waals surface area contributed by atoms with Crippen LogP contribution in [-0.4, -0.2) is 8.42 Å². The van der Waals surface area contributed by atoms with E-state index in [2.05, 4.69) is 10.6 Å². The van der Waals surface area contributed by atoms with Crippen molar-refractivity contribution in [2.45, 2.75) is 31.1 Å². The zero-order chi connectivity index (χ0) is 29.6. The molecule has 0 aromatic heterocycles. The Bertz CT molecular complexity index is 1620. The monoisotopic (exact) mass is 580 g/mol. The highest BCUT2D eigenvalue weighted by atomic mass is 32.2. The molecular weight excluding hydrogens is 544 g/mol. The van der Waals surface area contributed by atoms with Crippen molar-refractivity contribution in [3.05, 3.63) is 156 Å². The molecule has 216 valence electrons. The number of nitrogens with two attached hydrogens (primary N) is 2. The molecule has 0 saturated carbocycles. The van der Waals surface area contributed by atoms with E-state index < -0.39 is 10.0 Å². The second kappa shape index (κ2) is 15.5. The van der Waals surface area contributed by atoms with Crippen molar-refractivity contribution in [1.82, 2.24) is 5.32 Å². The Balaban J connectivity index is 0.000000437. The first-order valence-electron chi connectivity index (χ1n) is 13.6. The van der Waals surface area contributed by atoms with Crippen LogP contribution in [0.3, 0.4) is 0 Å². The lowest BCUT2D eigenvalue weighted by Gasteiger charge is -2.18. The van der Waals surface area contributed by atoms with Crippen molar-refractivity contribution in [2.75, 3.05) is 5.32 Å². The van der Waals surface area contributed by atoms with Crippen LogP contribution in [0.5, 0.6) is 11.5 Å². The first-order valence-corrected chi connectivity index (χ1v) is 15.2. The van der Waals surface area contributed by atoms with Gasteiger partial charge in [-0.25, -0.2) is 13.6 Å². The van der Waals surface area contributed by atoms with E-state index in [1.807, 2.05) is 115 Å². The Hall–Kier alpha value is -4.47. The minimum absolute atomic E-state index is 0.0640. The van der Waals surface area contributed by atoms with Gasteiger partial charge in [-0.2, -0.15) is 0 Å². The lowest BCUT2D eigenvalue weighted by atomic mass is 10.1. The third-order valence-corrected chi connectivity index (χ3v) is 7.21. The maximum atomic E-state index is 12.6. The van der Waals surface area contributed by atoms with Gasteiger partial charge in [0.15, 0.2) is 5.75 Å². The number of para-hydroxylation sites is 1. The van der Waals surface area contributed by atoms with Gasteiger partial charge in [0.1, 0.15) is 10.6 Å². The largest absolute Gasteiger partial charge is 0.454 e. The van der Waals surface area contributed by atoms with Crippen LogP contribution in [0.1, 0.15) is 22.3 Å². The summed E-state index contributed by atoms with van der Waals surface area (Å²) in [6, 6.07) is 42.4. The van der Waals surface area contributed by atoms with Gasteiger partial charge in [0.05, 0.1) is 5.69 Å². The molecule has 0 aliphatic rings. The zero-order valence-electron chi connectivity index (χ0n) is 23.3. The maximum Gasteiger partial charge on any atom is 0.241 e. The molecule has 5 aromatic rings. The van der Waals surface area contributed by atoms with Crippen molar-refractivity contribution < 1.29 is 13.2 Å². The van der Waals surface area contributed by atoms with Gasteiger partial charge in [0.25, 0.3) is 0 Å². The van der Waals surface area contributed by atoms with Gasteiger partial charge < -0.3 is 21.1 Å². The van der Waals surface area contributed by atoms with Crippen LogP contribution in [0.2, 0.25) is 0 Å². The summed E-state index contributed by atoms with van der Waals surface area (Å²) in [5.41, 5.74) is 10.1. The summed E-state index contributed by atoms with van der Waals surface area (Å²) in [6.45, 7) is 2.25. The molecule has 0 heterocycles. The van der Waals surface area contributed by atoms with E-state index >= 15 is 0 Å². The normalized spacial score (nSPS) is 10.8. The van der Waals surface area contributed by atoms with Gasteiger partial charge in [-0.15, -0.1) is 0 Å². The van der Waals surface area contributed by atoms with Crippen LogP contribution in [0.25, 0.3) is 0 Å². The Kier molecular flexibility index (Phi) is 11.3. The van der Waals surface area contributed by atoms with Crippen molar-refractivity contribution in [3.8, 4) is 11.5 Å². The smallest absolute Gasteiger partial charge is 0.241 e. The Labute approximate surface area is 248 Å². The molecule has 0 unspecified atom stereocenters. The molecule has 0 aliphatic heterocycles. The summed E-state index contributed by atoms with van der Waals surface area (Å²) in [5.74, 6) is 0.696. The number of anilines is 1. The van der Waals surface area contributed by atoms with Crippen molar-refractivity contribution in [1.29, 1.82) is 0 Å². The molecule has 0 radical (unpaired) electrons.